The number of nitriles is 1. The average molecular weight is 334 g/mol. The molecule has 0 fully saturated rings. The summed E-state index contributed by atoms with van der Waals surface area (Å²) in [5.74, 6) is -0.0561. The molecule has 25 heavy (non-hydrogen) atoms. The Bertz CT molecular complexity index is 793. The number of carbonyl (C=O) groups is 1. The molecule has 0 aliphatic carbocycles. The van der Waals surface area contributed by atoms with Gasteiger partial charge in [0, 0.05) is 12.1 Å². The van der Waals surface area contributed by atoms with Crippen LogP contribution >= 0.6 is 0 Å². The van der Waals surface area contributed by atoms with Gasteiger partial charge in [-0.05, 0) is 64.1 Å². The van der Waals surface area contributed by atoms with E-state index in [2.05, 4.69) is 16.3 Å². The Balaban J connectivity index is 2.32. The summed E-state index contributed by atoms with van der Waals surface area (Å²) < 4.78 is 0. The van der Waals surface area contributed by atoms with Crippen LogP contribution in [-0.4, -0.2) is 22.9 Å². The van der Waals surface area contributed by atoms with Crippen molar-refractivity contribution in [3.8, 4) is 6.07 Å². The molecule has 5 heteroatoms. The van der Waals surface area contributed by atoms with Crippen LogP contribution in [0.15, 0.2) is 58.8 Å². The van der Waals surface area contributed by atoms with Gasteiger partial charge < -0.3 is 4.90 Å². The van der Waals surface area contributed by atoms with Gasteiger partial charge in [-0.25, -0.2) is 0 Å². The summed E-state index contributed by atoms with van der Waals surface area (Å²) in [7, 11) is 0. The fourth-order valence-electron chi connectivity index (χ4n) is 2.66. The molecule has 2 rings (SSSR count). The first kappa shape index (κ1) is 18.3. The monoisotopic (exact) mass is 334 g/mol. The highest BCUT2D eigenvalue weighted by Crippen LogP contribution is 2.25. The second kappa shape index (κ2) is 8.20. The highest BCUT2D eigenvalue weighted by Gasteiger charge is 2.23. The molecule has 0 atom stereocenters. The number of amides is 1. The van der Waals surface area contributed by atoms with Crippen molar-refractivity contribution in [2.24, 2.45) is 10.2 Å². The van der Waals surface area contributed by atoms with E-state index in [-0.39, 0.29) is 18.0 Å². The summed E-state index contributed by atoms with van der Waals surface area (Å²) in [4.78, 5) is 14.8. The van der Waals surface area contributed by atoms with Crippen LogP contribution in [0.3, 0.4) is 0 Å². The summed E-state index contributed by atoms with van der Waals surface area (Å²) >= 11 is 0. The number of hydrogen-bond acceptors (Lipinski definition) is 4. The van der Waals surface area contributed by atoms with Gasteiger partial charge in [-0.15, -0.1) is 5.11 Å². The van der Waals surface area contributed by atoms with E-state index in [1.54, 1.807) is 36.4 Å². The molecular weight excluding hydrogens is 312 g/mol. The topological polar surface area (TPSA) is 68.8 Å². The van der Waals surface area contributed by atoms with Crippen molar-refractivity contribution >= 4 is 17.3 Å². The predicted molar refractivity (Wildman–Crippen MR) is 98.2 cm³/mol. The maximum atomic E-state index is 12.9. The van der Waals surface area contributed by atoms with Crippen molar-refractivity contribution in [1.29, 1.82) is 5.26 Å². The molecule has 0 aliphatic heterocycles. The first-order valence-corrected chi connectivity index (χ1v) is 8.27. The molecule has 0 N–H and O–H groups in total. The minimum atomic E-state index is -0.0561. The van der Waals surface area contributed by atoms with E-state index in [4.69, 9.17) is 5.26 Å². The molecule has 0 aliphatic rings. The van der Waals surface area contributed by atoms with Gasteiger partial charge in [-0.2, -0.15) is 10.4 Å². The van der Waals surface area contributed by atoms with Crippen molar-refractivity contribution in [1.82, 2.24) is 4.90 Å². The third-order valence-electron chi connectivity index (χ3n) is 3.75. The van der Waals surface area contributed by atoms with Gasteiger partial charge in [0.05, 0.1) is 28.6 Å². The van der Waals surface area contributed by atoms with E-state index in [9.17, 15) is 4.79 Å². The van der Waals surface area contributed by atoms with E-state index in [1.807, 2.05) is 44.7 Å². The summed E-state index contributed by atoms with van der Waals surface area (Å²) in [5.41, 5.74) is 2.26. The Labute approximate surface area is 148 Å². The fourth-order valence-corrected chi connectivity index (χ4v) is 2.66. The zero-order chi connectivity index (χ0) is 18.4. The standard InChI is InChI=1S/C20H22N4O/c1-14(2)24(15(3)4)20(25)18-7-5-6-8-19(18)23-22-17-11-9-16(13-21)10-12-17/h5-12,14-15H,1-4H3. The van der Waals surface area contributed by atoms with E-state index in [1.165, 1.54) is 0 Å². The van der Waals surface area contributed by atoms with Crippen LogP contribution in [0.2, 0.25) is 0 Å². The minimum Gasteiger partial charge on any atom is -0.334 e. The molecule has 5 nitrogen and oxygen atoms in total. The molecule has 2 aromatic carbocycles. The van der Waals surface area contributed by atoms with Crippen LogP contribution < -0.4 is 0 Å². The van der Waals surface area contributed by atoms with E-state index < -0.39 is 0 Å². The fraction of sp³-hybridized carbons (Fsp3) is 0.300. The molecule has 0 saturated carbocycles. The van der Waals surface area contributed by atoms with Crippen molar-refractivity contribution in [3.63, 3.8) is 0 Å². The summed E-state index contributed by atoms with van der Waals surface area (Å²) in [5, 5.41) is 17.3. The quantitative estimate of drug-likeness (QED) is 0.702. The Morgan fingerprint density at radius 3 is 2.12 bits per heavy atom. The molecule has 0 bridgehead atoms. The maximum Gasteiger partial charge on any atom is 0.256 e. The van der Waals surface area contributed by atoms with Crippen LogP contribution in [-0.2, 0) is 0 Å². The summed E-state index contributed by atoms with van der Waals surface area (Å²) in [6.45, 7) is 8.00. The Kier molecular flexibility index (Phi) is 6.02. The molecule has 0 aromatic heterocycles. The van der Waals surface area contributed by atoms with Crippen LogP contribution in [0.25, 0.3) is 0 Å². The number of carbonyl (C=O) groups excluding carboxylic acids is 1. The lowest BCUT2D eigenvalue weighted by Gasteiger charge is -2.31. The lowest BCUT2D eigenvalue weighted by molar-refractivity contribution is 0.0644. The smallest absolute Gasteiger partial charge is 0.256 e. The molecular formula is C20H22N4O. The Hall–Kier alpha value is -3.00. The van der Waals surface area contributed by atoms with Gasteiger partial charge >= 0.3 is 0 Å². The van der Waals surface area contributed by atoms with Crippen molar-refractivity contribution in [2.75, 3.05) is 0 Å². The van der Waals surface area contributed by atoms with Gasteiger partial charge in [0.15, 0.2) is 0 Å². The first-order valence-electron chi connectivity index (χ1n) is 8.27. The molecule has 0 spiro atoms. The molecule has 1 amide bonds. The molecule has 0 saturated heterocycles. The molecule has 0 unspecified atom stereocenters. The van der Waals surface area contributed by atoms with Crippen molar-refractivity contribution < 1.29 is 4.79 Å². The number of hydrogen-bond donors (Lipinski definition) is 0. The van der Waals surface area contributed by atoms with Crippen molar-refractivity contribution in [2.45, 2.75) is 39.8 Å². The lowest BCUT2D eigenvalue weighted by atomic mass is 10.1. The van der Waals surface area contributed by atoms with Gasteiger partial charge in [0.1, 0.15) is 0 Å². The van der Waals surface area contributed by atoms with Crippen LogP contribution in [0.4, 0.5) is 11.4 Å². The number of benzene rings is 2. The lowest BCUT2D eigenvalue weighted by Crippen LogP contribution is -2.42. The number of azo groups is 1. The van der Waals surface area contributed by atoms with Gasteiger partial charge in [-0.1, -0.05) is 12.1 Å². The van der Waals surface area contributed by atoms with Gasteiger partial charge in [-0.3, -0.25) is 4.79 Å². The van der Waals surface area contributed by atoms with E-state index >= 15 is 0 Å². The Morgan fingerprint density at radius 2 is 1.56 bits per heavy atom. The average Bonchev–Trinajstić information content (AvgIpc) is 2.60. The van der Waals surface area contributed by atoms with Gasteiger partial charge in [0.25, 0.3) is 5.91 Å². The zero-order valence-corrected chi connectivity index (χ0v) is 15.0. The van der Waals surface area contributed by atoms with Crippen LogP contribution in [0.5, 0.6) is 0 Å². The molecule has 0 radical (unpaired) electrons. The third kappa shape index (κ3) is 4.51. The molecule has 0 heterocycles. The number of rotatable bonds is 5. The summed E-state index contributed by atoms with van der Waals surface area (Å²) in [6, 6.07) is 16.3. The number of nitrogens with zero attached hydrogens (tertiary/aromatic N) is 4. The second-order valence-electron chi connectivity index (χ2n) is 6.28. The van der Waals surface area contributed by atoms with Crippen LogP contribution in [0.1, 0.15) is 43.6 Å². The normalized spacial score (nSPS) is 11.1. The minimum absolute atomic E-state index is 0.0561. The zero-order valence-electron chi connectivity index (χ0n) is 15.0. The van der Waals surface area contributed by atoms with E-state index in [0.717, 1.165) is 0 Å². The molecule has 2 aromatic rings. The van der Waals surface area contributed by atoms with Crippen molar-refractivity contribution in [3.05, 3.63) is 59.7 Å². The summed E-state index contributed by atoms with van der Waals surface area (Å²) in [6.07, 6.45) is 0. The van der Waals surface area contributed by atoms with Crippen LogP contribution in [0, 0.1) is 11.3 Å². The SMILES string of the molecule is CC(C)N(C(=O)c1ccccc1N=Nc1ccc(C#N)cc1)C(C)C. The van der Waals surface area contributed by atoms with E-state index in [0.29, 0.717) is 22.5 Å². The second-order valence-corrected chi connectivity index (χ2v) is 6.28. The third-order valence-corrected chi connectivity index (χ3v) is 3.75. The Morgan fingerprint density at radius 1 is 0.960 bits per heavy atom. The maximum absolute atomic E-state index is 12.9. The largest absolute Gasteiger partial charge is 0.334 e. The highest BCUT2D eigenvalue weighted by molar-refractivity contribution is 5.99. The van der Waals surface area contributed by atoms with Gasteiger partial charge in [0.2, 0.25) is 0 Å². The predicted octanol–water partition coefficient (Wildman–Crippen LogP) is 5.23. The first-order chi connectivity index (χ1) is 11.9. The molecule has 128 valence electrons. The highest BCUT2D eigenvalue weighted by atomic mass is 16.2.